The summed E-state index contributed by atoms with van der Waals surface area (Å²) in [6.45, 7) is 3.52. The van der Waals surface area contributed by atoms with Gasteiger partial charge < -0.3 is 15.4 Å². The van der Waals surface area contributed by atoms with Gasteiger partial charge in [0.05, 0.1) is 13.0 Å². The van der Waals surface area contributed by atoms with Crippen LogP contribution in [0.2, 0.25) is 0 Å². The zero-order valence-corrected chi connectivity index (χ0v) is 12.5. The highest BCUT2D eigenvalue weighted by molar-refractivity contribution is 5.85. The summed E-state index contributed by atoms with van der Waals surface area (Å²) in [5.41, 5.74) is 0.973. The second-order valence-electron chi connectivity index (χ2n) is 4.25. The summed E-state index contributed by atoms with van der Waals surface area (Å²) in [6, 6.07) is 7.62. The van der Waals surface area contributed by atoms with Crippen molar-refractivity contribution in [3.8, 4) is 5.75 Å². The van der Waals surface area contributed by atoms with Crippen molar-refractivity contribution in [2.75, 3.05) is 27.2 Å². The van der Waals surface area contributed by atoms with Crippen molar-refractivity contribution in [2.45, 2.75) is 19.3 Å². The minimum atomic E-state index is -0.158. The molecule has 108 valence electrons. The Morgan fingerprint density at radius 3 is 2.74 bits per heavy atom. The molecule has 1 amide bonds. The average molecular weight is 287 g/mol. The molecular weight excluding hydrogens is 264 g/mol. The molecule has 1 unspecified atom stereocenters. The van der Waals surface area contributed by atoms with Crippen molar-refractivity contribution < 1.29 is 9.53 Å². The fourth-order valence-electron chi connectivity index (χ4n) is 1.69. The minimum Gasteiger partial charge on any atom is -0.497 e. The van der Waals surface area contributed by atoms with Crippen LogP contribution < -0.4 is 15.4 Å². The molecule has 0 aliphatic carbocycles. The summed E-state index contributed by atoms with van der Waals surface area (Å²) < 4.78 is 5.16. The van der Waals surface area contributed by atoms with Gasteiger partial charge in [0.2, 0.25) is 5.91 Å². The molecule has 0 aromatic heterocycles. The molecule has 4 nitrogen and oxygen atoms in total. The smallest absolute Gasteiger partial charge is 0.227 e. The topological polar surface area (TPSA) is 50.4 Å². The van der Waals surface area contributed by atoms with E-state index in [0.29, 0.717) is 6.54 Å². The molecule has 0 spiro atoms. The van der Waals surface area contributed by atoms with Gasteiger partial charge in [0.25, 0.3) is 0 Å². The standard InChI is InChI=1S/C14H22N2O2.ClH/c1-11(14(17)16-9-5-8-15-2)12-6-4-7-13(10-12)18-3;/h4,6-7,10-11,15H,5,8-9H2,1-3H3,(H,16,17);1H. The molecule has 0 heterocycles. The quantitative estimate of drug-likeness (QED) is 0.753. The number of hydrogen-bond donors (Lipinski definition) is 2. The van der Waals surface area contributed by atoms with Gasteiger partial charge in [0, 0.05) is 6.54 Å². The van der Waals surface area contributed by atoms with Gasteiger partial charge in [-0.05, 0) is 44.6 Å². The van der Waals surface area contributed by atoms with Gasteiger partial charge >= 0.3 is 0 Å². The lowest BCUT2D eigenvalue weighted by Gasteiger charge is -2.13. The van der Waals surface area contributed by atoms with Crippen molar-refractivity contribution in [3.05, 3.63) is 29.8 Å². The second kappa shape index (κ2) is 9.64. The number of rotatable bonds is 7. The van der Waals surface area contributed by atoms with Gasteiger partial charge in [0.1, 0.15) is 5.75 Å². The fourth-order valence-corrected chi connectivity index (χ4v) is 1.69. The lowest BCUT2D eigenvalue weighted by atomic mass is 10.00. The normalized spacial score (nSPS) is 11.3. The number of hydrogen-bond acceptors (Lipinski definition) is 3. The summed E-state index contributed by atoms with van der Waals surface area (Å²) in [7, 11) is 3.53. The van der Waals surface area contributed by atoms with Crippen LogP contribution in [0.5, 0.6) is 5.75 Å². The van der Waals surface area contributed by atoms with E-state index in [9.17, 15) is 4.79 Å². The molecule has 0 aliphatic heterocycles. The molecule has 0 saturated carbocycles. The van der Waals surface area contributed by atoms with Gasteiger partial charge in [-0.15, -0.1) is 12.4 Å². The highest BCUT2D eigenvalue weighted by Gasteiger charge is 2.14. The lowest BCUT2D eigenvalue weighted by molar-refractivity contribution is -0.122. The van der Waals surface area contributed by atoms with Gasteiger partial charge in [-0.1, -0.05) is 12.1 Å². The molecule has 0 bridgehead atoms. The van der Waals surface area contributed by atoms with E-state index in [0.717, 1.165) is 24.3 Å². The van der Waals surface area contributed by atoms with Crippen LogP contribution in [0, 0.1) is 0 Å². The third-order valence-corrected chi connectivity index (χ3v) is 2.89. The Labute approximate surface area is 121 Å². The van der Waals surface area contributed by atoms with Crippen LogP contribution in [0.1, 0.15) is 24.8 Å². The molecule has 0 fully saturated rings. The first-order valence-electron chi connectivity index (χ1n) is 6.25. The first-order chi connectivity index (χ1) is 8.69. The summed E-state index contributed by atoms with van der Waals surface area (Å²) in [5.74, 6) is 0.677. The molecule has 0 radical (unpaired) electrons. The van der Waals surface area contributed by atoms with Crippen molar-refractivity contribution >= 4 is 18.3 Å². The van der Waals surface area contributed by atoms with Crippen LogP contribution in [0.25, 0.3) is 0 Å². The van der Waals surface area contributed by atoms with Crippen LogP contribution in [-0.4, -0.2) is 33.2 Å². The zero-order valence-electron chi connectivity index (χ0n) is 11.7. The van der Waals surface area contributed by atoms with E-state index >= 15 is 0 Å². The molecule has 0 aliphatic rings. The molecular formula is C14H23ClN2O2. The van der Waals surface area contributed by atoms with Gasteiger partial charge in [-0.3, -0.25) is 4.79 Å². The van der Waals surface area contributed by atoms with E-state index < -0.39 is 0 Å². The van der Waals surface area contributed by atoms with E-state index in [2.05, 4.69) is 10.6 Å². The number of carbonyl (C=O) groups excluding carboxylic acids is 1. The van der Waals surface area contributed by atoms with E-state index in [1.54, 1.807) is 7.11 Å². The molecule has 2 N–H and O–H groups in total. The molecule has 5 heteroatoms. The summed E-state index contributed by atoms with van der Waals surface area (Å²) >= 11 is 0. The first kappa shape index (κ1) is 17.7. The van der Waals surface area contributed by atoms with Gasteiger partial charge in [0.15, 0.2) is 0 Å². The second-order valence-corrected chi connectivity index (χ2v) is 4.25. The average Bonchev–Trinajstić information content (AvgIpc) is 2.42. The summed E-state index contributed by atoms with van der Waals surface area (Å²) in [4.78, 5) is 11.9. The maximum absolute atomic E-state index is 11.9. The SMILES string of the molecule is CNCCCNC(=O)C(C)c1cccc(OC)c1.Cl. The monoisotopic (exact) mass is 286 g/mol. The lowest BCUT2D eigenvalue weighted by Crippen LogP contribution is -2.30. The Kier molecular flexibility index (Phi) is 9.00. The highest BCUT2D eigenvalue weighted by atomic mass is 35.5. The van der Waals surface area contributed by atoms with Crippen molar-refractivity contribution in [1.82, 2.24) is 10.6 Å². The Hall–Kier alpha value is -1.26. The summed E-state index contributed by atoms with van der Waals surface area (Å²) in [6.07, 6.45) is 0.938. The number of methoxy groups -OCH3 is 1. The van der Waals surface area contributed by atoms with Gasteiger partial charge in [-0.25, -0.2) is 0 Å². The first-order valence-corrected chi connectivity index (χ1v) is 6.25. The molecule has 1 aromatic carbocycles. The molecule has 1 aromatic rings. The Bertz CT molecular complexity index is 385. The van der Waals surface area contributed by atoms with Crippen LogP contribution in [0.15, 0.2) is 24.3 Å². The van der Waals surface area contributed by atoms with Crippen molar-refractivity contribution in [2.24, 2.45) is 0 Å². The molecule has 19 heavy (non-hydrogen) atoms. The van der Waals surface area contributed by atoms with E-state index in [1.165, 1.54) is 0 Å². The minimum absolute atomic E-state index is 0. The number of ether oxygens (including phenoxy) is 1. The predicted octanol–water partition coefficient (Wildman–Crippen LogP) is 1.95. The number of nitrogens with one attached hydrogen (secondary N) is 2. The Balaban J connectivity index is 0.00000324. The molecule has 1 atom stereocenters. The number of benzene rings is 1. The number of halogens is 1. The maximum atomic E-state index is 11.9. The predicted molar refractivity (Wildman–Crippen MR) is 80.2 cm³/mol. The third kappa shape index (κ3) is 5.94. The Morgan fingerprint density at radius 2 is 2.11 bits per heavy atom. The van der Waals surface area contributed by atoms with Crippen LogP contribution in [0.3, 0.4) is 0 Å². The van der Waals surface area contributed by atoms with E-state index in [4.69, 9.17) is 4.74 Å². The van der Waals surface area contributed by atoms with Crippen molar-refractivity contribution in [3.63, 3.8) is 0 Å². The highest BCUT2D eigenvalue weighted by Crippen LogP contribution is 2.20. The molecule has 0 saturated heterocycles. The maximum Gasteiger partial charge on any atom is 0.227 e. The largest absolute Gasteiger partial charge is 0.497 e. The van der Waals surface area contributed by atoms with E-state index in [-0.39, 0.29) is 24.2 Å². The van der Waals surface area contributed by atoms with Crippen LogP contribution in [-0.2, 0) is 4.79 Å². The van der Waals surface area contributed by atoms with Gasteiger partial charge in [-0.2, -0.15) is 0 Å². The van der Waals surface area contributed by atoms with Crippen molar-refractivity contribution in [1.29, 1.82) is 0 Å². The number of amides is 1. The third-order valence-electron chi connectivity index (χ3n) is 2.89. The summed E-state index contributed by atoms with van der Waals surface area (Å²) in [5, 5.41) is 5.98. The fraction of sp³-hybridized carbons (Fsp3) is 0.500. The van der Waals surface area contributed by atoms with Crippen LogP contribution >= 0.6 is 12.4 Å². The van der Waals surface area contributed by atoms with Crippen LogP contribution in [0.4, 0.5) is 0 Å². The zero-order chi connectivity index (χ0) is 13.4. The Morgan fingerprint density at radius 1 is 1.37 bits per heavy atom. The number of carbonyl (C=O) groups is 1. The van der Waals surface area contributed by atoms with E-state index in [1.807, 2.05) is 38.2 Å². The molecule has 1 rings (SSSR count).